The van der Waals surface area contributed by atoms with Gasteiger partial charge in [0.15, 0.2) is 0 Å². The molecule has 0 bridgehead atoms. The molecule has 1 saturated heterocycles. The lowest BCUT2D eigenvalue weighted by Gasteiger charge is -2.34. The van der Waals surface area contributed by atoms with Crippen molar-refractivity contribution in [3.05, 3.63) is 5.56 Å². The van der Waals surface area contributed by atoms with E-state index in [0.29, 0.717) is 43.1 Å². The quantitative estimate of drug-likeness (QED) is 0.546. The van der Waals surface area contributed by atoms with Gasteiger partial charge in [0.25, 0.3) is 0 Å². The molecule has 3 aliphatic rings. The average molecular weight is 444 g/mol. The summed E-state index contributed by atoms with van der Waals surface area (Å²) in [6, 6.07) is 0.292. The van der Waals surface area contributed by atoms with E-state index in [9.17, 15) is 4.79 Å². The number of carbonyl (C=O) groups is 1. The molecule has 0 spiro atoms. The normalized spacial score (nSPS) is 20.7. The van der Waals surface area contributed by atoms with Gasteiger partial charge >= 0.3 is 6.01 Å². The topological polar surface area (TPSA) is 84.6 Å². The Morgan fingerprint density at radius 1 is 1.00 bits per heavy atom. The molecule has 1 saturated carbocycles. The molecule has 1 aliphatic carbocycles. The van der Waals surface area contributed by atoms with Crippen molar-refractivity contribution in [2.45, 2.75) is 84.0 Å². The number of nitrogens with two attached hydrogens (primary N) is 1. The van der Waals surface area contributed by atoms with Crippen molar-refractivity contribution < 1.29 is 9.53 Å². The van der Waals surface area contributed by atoms with Crippen molar-refractivity contribution >= 4 is 17.5 Å². The summed E-state index contributed by atoms with van der Waals surface area (Å²) in [7, 11) is 0. The monoisotopic (exact) mass is 443 g/mol. The molecule has 2 N–H and O–H groups in total. The average Bonchev–Trinajstić information content (AvgIpc) is 3.13. The highest BCUT2D eigenvalue weighted by atomic mass is 16.5. The molecule has 32 heavy (non-hydrogen) atoms. The third kappa shape index (κ3) is 5.91. The van der Waals surface area contributed by atoms with Crippen LogP contribution in [0, 0.1) is 11.8 Å². The van der Waals surface area contributed by atoms with E-state index in [0.717, 1.165) is 30.7 Å². The maximum atomic E-state index is 12.7. The van der Waals surface area contributed by atoms with Crippen LogP contribution in [0.5, 0.6) is 6.01 Å². The van der Waals surface area contributed by atoms with Crippen LogP contribution in [-0.2, 0) is 11.2 Å². The molecule has 0 radical (unpaired) electrons. The van der Waals surface area contributed by atoms with Gasteiger partial charge in [-0.3, -0.25) is 9.69 Å². The summed E-state index contributed by atoms with van der Waals surface area (Å²) in [5.74, 6) is 2.77. The molecule has 2 aliphatic heterocycles. The first-order valence-electron chi connectivity index (χ1n) is 13.0. The summed E-state index contributed by atoms with van der Waals surface area (Å²) >= 11 is 0. The molecule has 7 heteroatoms. The molecule has 2 fully saturated rings. The molecule has 0 aromatic carbocycles. The SMILES string of the molecule is CCCCOc1nc(N)c2c(n1)N(CCC1CCN(CCC3CCCCC3)CC1)C(=O)C2. The second-order valence-corrected chi connectivity index (χ2v) is 9.98. The summed E-state index contributed by atoms with van der Waals surface area (Å²) in [6.45, 7) is 7.07. The molecular formula is C25H41N5O2. The zero-order chi connectivity index (χ0) is 22.3. The van der Waals surface area contributed by atoms with E-state index in [2.05, 4.69) is 21.8 Å². The molecule has 1 amide bonds. The number of fused-ring (bicyclic) bond motifs is 1. The minimum Gasteiger partial charge on any atom is -0.463 e. The molecule has 1 aromatic heterocycles. The van der Waals surface area contributed by atoms with Gasteiger partial charge in [-0.05, 0) is 63.6 Å². The Hall–Kier alpha value is -1.89. The molecular weight excluding hydrogens is 402 g/mol. The fourth-order valence-corrected chi connectivity index (χ4v) is 5.48. The summed E-state index contributed by atoms with van der Waals surface area (Å²) in [6.07, 6.45) is 14.4. The van der Waals surface area contributed by atoms with Gasteiger partial charge in [0.1, 0.15) is 11.6 Å². The van der Waals surface area contributed by atoms with Crippen molar-refractivity contribution in [3.8, 4) is 6.01 Å². The second-order valence-electron chi connectivity index (χ2n) is 9.98. The van der Waals surface area contributed by atoms with E-state index in [4.69, 9.17) is 10.5 Å². The number of aromatic nitrogens is 2. The fraction of sp³-hybridized carbons (Fsp3) is 0.800. The zero-order valence-corrected chi connectivity index (χ0v) is 19.9. The Labute approximate surface area is 193 Å². The van der Waals surface area contributed by atoms with Crippen LogP contribution in [0.1, 0.15) is 83.1 Å². The summed E-state index contributed by atoms with van der Waals surface area (Å²) in [5, 5.41) is 0. The van der Waals surface area contributed by atoms with Crippen molar-refractivity contribution in [3.63, 3.8) is 0 Å². The minimum absolute atomic E-state index is 0.0802. The van der Waals surface area contributed by atoms with Gasteiger partial charge in [-0.25, -0.2) is 0 Å². The van der Waals surface area contributed by atoms with Crippen molar-refractivity contribution in [2.75, 3.05) is 43.4 Å². The van der Waals surface area contributed by atoms with E-state index < -0.39 is 0 Å². The van der Waals surface area contributed by atoms with Crippen LogP contribution in [0.4, 0.5) is 11.6 Å². The first-order chi connectivity index (χ1) is 15.6. The standard InChI is InChI=1S/C25H41N5O2/c1-2-3-17-32-25-27-23(26)21-18-22(31)30(24(21)28-25)16-12-20-10-14-29(15-11-20)13-9-19-7-5-4-6-8-19/h19-20H,2-18H2,1H3,(H2,26,27,28). The molecule has 0 atom stereocenters. The number of hydrogen-bond donors (Lipinski definition) is 1. The van der Waals surface area contributed by atoms with Crippen LogP contribution in [0.3, 0.4) is 0 Å². The lowest BCUT2D eigenvalue weighted by atomic mass is 9.86. The first kappa shape index (κ1) is 23.3. The van der Waals surface area contributed by atoms with Gasteiger partial charge in [0.05, 0.1) is 13.0 Å². The predicted octanol–water partition coefficient (Wildman–Crippen LogP) is 4.20. The third-order valence-electron chi connectivity index (χ3n) is 7.66. The highest BCUT2D eigenvalue weighted by Gasteiger charge is 2.33. The van der Waals surface area contributed by atoms with Crippen molar-refractivity contribution in [2.24, 2.45) is 11.8 Å². The van der Waals surface area contributed by atoms with Crippen LogP contribution in [0.15, 0.2) is 0 Å². The Kier molecular flexibility index (Phi) is 8.22. The largest absolute Gasteiger partial charge is 0.463 e. The number of nitrogen functional groups attached to an aromatic ring is 1. The highest BCUT2D eigenvalue weighted by Crippen LogP contribution is 2.33. The van der Waals surface area contributed by atoms with Crippen molar-refractivity contribution in [1.82, 2.24) is 14.9 Å². The smallest absolute Gasteiger partial charge is 0.320 e. The van der Waals surface area contributed by atoms with Crippen molar-refractivity contribution in [1.29, 1.82) is 0 Å². The van der Waals surface area contributed by atoms with Gasteiger partial charge in [-0.1, -0.05) is 45.4 Å². The number of piperidine rings is 1. The van der Waals surface area contributed by atoms with E-state index >= 15 is 0 Å². The maximum Gasteiger partial charge on any atom is 0.320 e. The second kappa shape index (κ2) is 11.3. The van der Waals surface area contributed by atoms with E-state index in [1.807, 2.05) is 4.90 Å². The minimum atomic E-state index is 0.0802. The molecule has 7 nitrogen and oxygen atoms in total. The van der Waals surface area contributed by atoms with Crippen LogP contribution < -0.4 is 15.4 Å². The summed E-state index contributed by atoms with van der Waals surface area (Å²) in [5.41, 5.74) is 6.88. The van der Waals surface area contributed by atoms with Gasteiger partial charge in [-0.2, -0.15) is 9.97 Å². The highest BCUT2D eigenvalue weighted by molar-refractivity contribution is 6.01. The van der Waals surface area contributed by atoms with E-state index in [1.54, 1.807) is 0 Å². The summed E-state index contributed by atoms with van der Waals surface area (Å²) < 4.78 is 5.66. The van der Waals surface area contributed by atoms with Gasteiger partial charge in [-0.15, -0.1) is 0 Å². The van der Waals surface area contributed by atoms with Crippen LogP contribution in [-0.4, -0.2) is 53.6 Å². The zero-order valence-electron chi connectivity index (χ0n) is 19.9. The lowest BCUT2D eigenvalue weighted by Crippen LogP contribution is -2.37. The van der Waals surface area contributed by atoms with E-state index in [1.165, 1.54) is 71.0 Å². The number of carbonyl (C=O) groups excluding carboxylic acids is 1. The third-order valence-corrected chi connectivity index (χ3v) is 7.66. The predicted molar refractivity (Wildman–Crippen MR) is 128 cm³/mol. The summed E-state index contributed by atoms with van der Waals surface area (Å²) in [4.78, 5) is 25.9. The van der Waals surface area contributed by atoms with Gasteiger partial charge in [0.2, 0.25) is 5.91 Å². The number of unbranched alkanes of at least 4 members (excludes halogenated alkanes) is 1. The van der Waals surface area contributed by atoms with Gasteiger partial charge < -0.3 is 15.4 Å². The van der Waals surface area contributed by atoms with Gasteiger partial charge in [0, 0.05) is 12.1 Å². The number of anilines is 2. The molecule has 1 aromatic rings. The van der Waals surface area contributed by atoms with Crippen LogP contribution in [0.25, 0.3) is 0 Å². The molecule has 0 unspecified atom stereocenters. The molecule has 4 rings (SSSR count). The van der Waals surface area contributed by atoms with Crippen LogP contribution in [0.2, 0.25) is 0 Å². The number of amides is 1. The Morgan fingerprint density at radius 3 is 2.47 bits per heavy atom. The number of rotatable bonds is 10. The van der Waals surface area contributed by atoms with E-state index in [-0.39, 0.29) is 5.91 Å². The fourth-order valence-electron chi connectivity index (χ4n) is 5.48. The lowest BCUT2D eigenvalue weighted by molar-refractivity contribution is -0.117. The molecule has 3 heterocycles. The first-order valence-corrected chi connectivity index (χ1v) is 13.0. The Morgan fingerprint density at radius 2 is 1.72 bits per heavy atom. The Bertz CT molecular complexity index is 757. The number of likely N-dealkylation sites (tertiary alicyclic amines) is 1. The maximum absolute atomic E-state index is 12.7. The number of ether oxygens (including phenoxy) is 1. The number of nitrogens with zero attached hydrogens (tertiary/aromatic N) is 4. The Balaban J connectivity index is 1.24. The van der Waals surface area contributed by atoms with Crippen LogP contribution >= 0.6 is 0 Å². The number of hydrogen-bond acceptors (Lipinski definition) is 6. The molecule has 178 valence electrons.